The quantitative estimate of drug-likeness (QED) is 0.396. The van der Waals surface area contributed by atoms with Crippen molar-refractivity contribution >= 4 is 28.5 Å². The van der Waals surface area contributed by atoms with Crippen molar-refractivity contribution in [1.82, 2.24) is 5.32 Å². The highest BCUT2D eigenvalue weighted by Crippen LogP contribution is 2.18. The minimum Gasteiger partial charge on any atom is -0.494 e. The number of thioether (sulfide) groups is 1. The predicted octanol–water partition coefficient (Wildman–Crippen LogP) is 3.51. The molecular weight excluding hydrogens is 394 g/mol. The van der Waals surface area contributed by atoms with E-state index in [1.54, 1.807) is 11.8 Å². The van der Waals surface area contributed by atoms with Crippen LogP contribution in [0.2, 0.25) is 0 Å². The van der Waals surface area contributed by atoms with E-state index in [1.165, 1.54) is 4.90 Å². The van der Waals surface area contributed by atoms with Crippen LogP contribution in [0.1, 0.15) is 13.3 Å². The average molecular weight is 422 g/mol. The lowest BCUT2D eigenvalue weighted by atomic mass is 10.3. The highest BCUT2D eigenvalue weighted by Gasteiger charge is 2.08. The fourth-order valence-electron chi connectivity index (χ4n) is 2.25. The molecule has 0 aromatic heterocycles. The fraction of sp³-hybridized carbons (Fsp3) is 0.381. The van der Waals surface area contributed by atoms with Crippen molar-refractivity contribution in [2.75, 3.05) is 37.0 Å². The lowest BCUT2D eigenvalue weighted by Crippen LogP contribution is -2.31. The molecule has 0 radical (unpaired) electrons. The van der Waals surface area contributed by atoms with Gasteiger partial charge < -0.3 is 14.8 Å². The van der Waals surface area contributed by atoms with Crippen molar-refractivity contribution < 1.29 is 18.5 Å². The first-order chi connectivity index (χ1) is 13.7. The Labute approximate surface area is 173 Å². The second kappa shape index (κ2) is 13.2. The van der Waals surface area contributed by atoms with Crippen LogP contribution >= 0.6 is 11.8 Å². The molecule has 1 atom stereocenters. The molecule has 0 unspecified atom stereocenters. The second-order valence-corrected chi connectivity index (χ2v) is 8.71. The maximum atomic E-state index is 12.0. The standard InChI is InChI=1S/C21H27NO4S2/c1-2-13-25-18-8-10-19(11-9-18)26-14-16-28(24)17-21(23)22-12-15-27-20-6-4-3-5-7-20/h3-11H,2,12-17H2,1H3,(H,22,23)/t28-/m0/s1. The second-order valence-electron chi connectivity index (χ2n) is 5.97. The zero-order chi connectivity index (χ0) is 20.0. The smallest absolute Gasteiger partial charge is 0.232 e. The van der Waals surface area contributed by atoms with Crippen molar-refractivity contribution in [3.8, 4) is 11.5 Å². The molecule has 5 nitrogen and oxygen atoms in total. The summed E-state index contributed by atoms with van der Waals surface area (Å²) in [6.45, 7) is 3.60. The maximum absolute atomic E-state index is 12.0. The molecule has 1 amide bonds. The summed E-state index contributed by atoms with van der Waals surface area (Å²) in [6, 6.07) is 17.4. The zero-order valence-corrected chi connectivity index (χ0v) is 17.7. The van der Waals surface area contributed by atoms with Crippen LogP contribution in [0.3, 0.4) is 0 Å². The molecule has 0 aliphatic rings. The molecule has 0 aliphatic carbocycles. The van der Waals surface area contributed by atoms with Gasteiger partial charge in [0.1, 0.15) is 17.3 Å². The molecule has 0 bridgehead atoms. The number of hydrogen-bond donors (Lipinski definition) is 1. The summed E-state index contributed by atoms with van der Waals surface area (Å²) < 4.78 is 23.1. The molecule has 0 saturated heterocycles. The lowest BCUT2D eigenvalue weighted by molar-refractivity contribution is -0.118. The molecule has 0 aliphatic heterocycles. The molecule has 2 aromatic rings. The monoisotopic (exact) mass is 421 g/mol. The Balaban J connectivity index is 1.55. The largest absolute Gasteiger partial charge is 0.494 e. The molecule has 7 heteroatoms. The van der Waals surface area contributed by atoms with Crippen molar-refractivity contribution in [3.05, 3.63) is 54.6 Å². The SMILES string of the molecule is CCCOc1ccc(OCC[S@](=O)CC(=O)NCCSc2ccccc2)cc1. The van der Waals surface area contributed by atoms with Gasteiger partial charge in [-0.1, -0.05) is 25.1 Å². The third-order valence-corrected chi connectivity index (χ3v) is 5.82. The van der Waals surface area contributed by atoms with E-state index in [0.717, 1.165) is 17.9 Å². The molecule has 0 fully saturated rings. The number of hydrogen-bond acceptors (Lipinski definition) is 5. The van der Waals surface area contributed by atoms with Gasteiger partial charge in [-0.15, -0.1) is 11.8 Å². The van der Waals surface area contributed by atoms with Gasteiger partial charge in [0.25, 0.3) is 0 Å². The Bertz CT molecular complexity index is 723. The summed E-state index contributed by atoms with van der Waals surface area (Å²) in [5.41, 5.74) is 0. The van der Waals surface area contributed by atoms with E-state index in [-0.39, 0.29) is 11.7 Å². The number of carbonyl (C=O) groups is 1. The molecule has 28 heavy (non-hydrogen) atoms. The predicted molar refractivity (Wildman–Crippen MR) is 116 cm³/mol. The summed E-state index contributed by atoms with van der Waals surface area (Å²) in [7, 11) is -1.24. The van der Waals surface area contributed by atoms with Crippen LogP contribution in [-0.2, 0) is 15.6 Å². The molecule has 0 spiro atoms. The van der Waals surface area contributed by atoms with Crippen LogP contribution in [0.15, 0.2) is 59.5 Å². The third-order valence-electron chi connectivity index (χ3n) is 3.60. The van der Waals surface area contributed by atoms with Crippen molar-refractivity contribution in [2.45, 2.75) is 18.2 Å². The molecule has 0 heterocycles. The fourth-order valence-corrected chi connectivity index (χ4v) is 3.85. The summed E-state index contributed by atoms with van der Waals surface area (Å²) >= 11 is 1.68. The van der Waals surface area contributed by atoms with Gasteiger partial charge in [-0.05, 0) is 42.8 Å². The Morgan fingerprint density at radius 3 is 2.29 bits per heavy atom. The van der Waals surface area contributed by atoms with Crippen molar-refractivity contribution in [2.24, 2.45) is 0 Å². The minimum absolute atomic E-state index is 0.00313. The van der Waals surface area contributed by atoms with Gasteiger partial charge >= 0.3 is 0 Å². The number of benzene rings is 2. The Hall–Kier alpha value is -1.99. The van der Waals surface area contributed by atoms with Crippen LogP contribution in [0.4, 0.5) is 0 Å². The van der Waals surface area contributed by atoms with Crippen LogP contribution < -0.4 is 14.8 Å². The summed E-state index contributed by atoms with van der Waals surface area (Å²) in [6.07, 6.45) is 0.962. The Morgan fingerprint density at radius 1 is 1.00 bits per heavy atom. The van der Waals surface area contributed by atoms with E-state index in [4.69, 9.17) is 9.47 Å². The van der Waals surface area contributed by atoms with Gasteiger partial charge in [-0.2, -0.15) is 0 Å². The van der Waals surface area contributed by atoms with E-state index in [2.05, 4.69) is 12.2 Å². The van der Waals surface area contributed by atoms with E-state index < -0.39 is 10.8 Å². The van der Waals surface area contributed by atoms with Gasteiger partial charge in [0.2, 0.25) is 5.91 Å². The zero-order valence-electron chi connectivity index (χ0n) is 16.1. The van der Waals surface area contributed by atoms with Gasteiger partial charge in [-0.25, -0.2) is 0 Å². The molecule has 0 saturated carbocycles. The van der Waals surface area contributed by atoms with Crippen molar-refractivity contribution in [1.29, 1.82) is 0 Å². The number of nitrogens with one attached hydrogen (secondary N) is 1. The topological polar surface area (TPSA) is 64.6 Å². The number of carbonyl (C=O) groups excluding carboxylic acids is 1. The molecule has 2 aromatic carbocycles. The first kappa shape index (κ1) is 22.3. The first-order valence-electron chi connectivity index (χ1n) is 9.32. The van der Waals surface area contributed by atoms with Gasteiger partial charge in [0.15, 0.2) is 0 Å². The highest BCUT2D eigenvalue weighted by molar-refractivity contribution is 7.99. The first-order valence-corrected chi connectivity index (χ1v) is 11.8. The van der Waals surface area contributed by atoms with Crippen molar-refractivity contribution in [3.63, 3.8) is 0 Å². The number of ether oxygens (including phenoxy) is 2. The minimum atomic E-state index is -1.24. The van der Waals surface area contributed by atoms with Gasteiger partial charge in [-0.3, -0.25) is 9.00 Å². The Kier molecular flexibility index (Phi) is 10.5. The molecule has 152 valence electrons. The number of rotatable bonds is 13. The van der Waals surface area contributed by atoms with Crippen LogP contribution in [0.25, 0.3) is 0 Å². The maximum Gasteiger partial charge on any atom is 0.232 e. The summed E-state index contributed by atoms with van der Waals surface area (Å²) in [5, 5.41) is 2.81. The summed E-state index contributed by atoms with van der Waals surface area (Å²) in [4.78, 5) is 13.0. The van der Waals surface area contributed by atoms with E-state index in [0.29, 0.717) is 31.3 Å². The molecular formula is C21H27NO4S2. The normalized spacial score (nSPS) is 11.6. The van der Waals surface area contributed by atoms with E-state index >= 15 is 0 Å². The summed E-state index contributed by atoms with van der Waals surface area (Å²) in [5.74, 6) is 2.42. The van der Waals surface area contributed by atoms with Crippen LogP contribution in [0.5, 0.6) is 11.5 Å². The van der Waals surface area contributed by atoms with E-state index in [9.17, 15) is 9.00 Å². The average Bonchev–Trinajstić information content (AvgIpc) is 2.71. The third kappa shape index (κ3) is 9.28. The number of amides is 1. The molecule has 1 N–H and O–H groups in total. The lowest BCUT2D eigenvalue weighted by Gasteiger charge is -2.08. The van der Waals surface area contributed by atoms with Gasteiger partial charge in [0.05, 0.1) is 19.0 Å². The van der Waals surface area contributed by atoms with Gasteiger partial charge in [0, 0.05) is 28.0 Å². The van der Waals surface area contributed by atoms with Crippen LogP contribution in [0, 0.1) is 0 Å². The Morgan fingerprint density at radius 2 is 1.64 bits per heavy atom. The molecule has 2 rings (SSSR count). The van der Waals surface area contributed by atoms with Crippen LogP contribution in [-0.4, -0.2) is 47.1 Å². The van der Waals surface area contributed by atoms with E-state index in [1.807, 2.05) is 54.6 Å². The highest BCUT2D eigenvalue weighted by atomic mass is 32.2.